The van der Waals surface area contributed by atoms with Crippen molar-refractivity contribution in [3.8, 4) is 0 Å². The lowest BCUT2D eigenvalue weighted by Crippen LogP contribution is -2.59. The zero-order chi connectivity index (χ0) is 14.0. The molecule has 1 aliphatic heterocycles. The summed E-state index contributed by atoms with van der Waals surface area (Å²) in [6.45, 7) is 9.66. The van der Waals surface area contributed by atoms with E-state index in [0.717, 1.165) is 28.7 Å². The molecule has 106 valence electrons. The van der Waals surface area contributed by atoms with Gasteiger partial charge in [0.1, 0.15) is 6.61 Å². The number of carbonyl (C=O) groups is 1. The summed E-state index contributed by atoms with van der Waals surface area (Å²) >= 11 is 1.63. The molecule has 1 aromatic heterocycles. The highest BCUT2D eigenvalue weighted by Crippen LogP contribution is 2.24. The van der Waals surface area contributed by atoms with Gasteiger partial charge < -0.3 is 15.4 Å². The zero-order valence-electron chi connectivity index (χ0n) is 11.9. The monoisotopic (exact) mass is 283 g/mol. The highest BCUT2D eigenvalue weighted by atomic mass is 32.1. The second-order valence-corrected chi connectivity index (χ2v) is 6.55. The van der Waals surface area contributed by atoms with Gasteiger partial charge in [-0.3, -0.25) is 4.79 Å². The van der Waals surface area contributed by atoms with Crippen LogP contribution in [0.1, 0.15) is 35.5 Å². The first-order chi connectivity index (χ1) is 8.89. The summed E-state index contributed by atoms with van der Waals surface area (Å²) in [5.74, 6) is -0.0777. The Morgan fingerprint density at radius 2 is 2.26 bits per heavy atom. The molecule has 0 aliphatic carbocycles. The maximum atomic E-state index is 11.9. The highest BCUT2D eigenvalue weighted by molar-refractivity contribution is 7.11. The summed E-state index contributed by atoms with van der Waals surface area (Å²) in [7, 11) is 0. The summed E-state index contributed by atoms with van der Waals surface area (Å²) < 4.78 is 5.61. The first kappa shape index (κ1) is 14.4. The topological polar surface area (TPSA) is 63.2 Å². The molecule has 0 radical (unpaired) electrons. The number of nitrogens with zero attached hydrogens (tertiary/aromatic N) is 1. The smallest absolute Gasteiger partial charge is 0.246 e. The first-order valence-electron chi connectivity index (χ1n) is 6.47. The Kier molecular flexibility index (Phi) is 4.23. The lowest BCUT2D eigenvalue weighted by Gasteiger charge is -2.38. The van der Waals surface area contributed by atoms with Gasteiger partial charge in [0.05, 0.1) is 22.3 Å². The Hall–Kier alpha value is -0.980. The van der Waals surface area contributed by atoms with E-state index in [1.165, 1.54) is 0 Å². The van der Waals surface area contributed by atoms with Gasteiger partial charge in [-0.25, -0.2) is 4.98 Å². The number of carbonyl (C=O) groups excluding carboxylic acids is 1. The molecular weight excluding hydrogens is 262 g/mol. The molecule has 2 heterocycles. The van der Waals surface area contributed by atoms with E-state index in [2.05, 4.69) is 15.6 Å². The van der Waals surface area contributed by atoms with Crippen LogP contribution in [0.4, 0.5) is 0 Å². The molecule has 19 heavy (non-hydrogen) atoms. The summed E-state index contributed by atoms with van der Waals surface area (Å²) in [4.78, 5) is 17.3. The average molecular weight is 283 g/mol. The normalized spacial score (nSPS) is 18.7. The summed E-state index contributed by atoms with van der Waals surface area (Å²) in [6, 6.07) is -0.0189. The fraction of sp³-hybridized carbons (Fsp3) is 0.692. The Labute approximate surface area is 117 Å². The quantitative estimate of drug-likeness (QED) is 0.855. The fourth-order valence-corrected chi connectivity index (χ4v) is 3.05. The van der Waals surface area contributed by atoms with Crippen molar-refractivity contribution in [1.29, 1.82) is 0 Å². The van der Waals surface area contributed by atoms with E-state index in [-0.39, 0.29) is 24.2 Å². The van der Waals surface area contributed by atoms with Crippen molar-refractivity contribution in [3.63, 3.8) is 0 Å². The Bertz CT molecular complexity index is 468. The SMILES string of the molecule is Cc1nc(C)c(C(C)NC(=O)COC2(C)CNC2)s1. The zero-order valence-corrected chi connectivity index (χ0v) is 12.7. The molecule has 0 bridgehead atoms. The van der Waals surface area contributed by atoms with Gasteiger partial charge in [0, 0.05) is 18.0 Å². The van der Waals surface area contributed by atoms with Gasteiger partial charge in [0.25, 0.3) is 0 Å². The minimum absolute atomic E-state index is 0.0189. The number of amides is 1. The Balaban J connectivity index is 1.83. The molecule has 1 aliphatic rings. The van der Waals surface area contributed by atoms with Crippen LogP contribution in [0.5, 0.6) is 0 Å². The van der Waals surface area contributed by atoms with Crippen molar-refractivity contribution in [2.45, 2.75) is 39.3 Å². The molecule has 0 saturated carbocycles. The number of nitrogens with one attached hydrogen (secondary N) is 2. The van der Waals surface area contributed by atoms with Crippen molar-refractivity contribution in [2.24, 2.45) is 0 Å². The maximum Gasteiger partial charge on any atom is 0.246 e. The van der Waals surface area contributed by atoms with Crippen molar-refractivity contribution in [1.82, 2.24) is 15.6 Å². The standard InChI is InChI=1S/C13H21N3O2S/c1-8-12(19-10(3)15-8)9(2)16-11(17)5-18-13(4)6-14-7-13/h9,14H,5-7H2,1-4H3,(H,16,17). The molecular formula is C13H21N3O2S. The van der Waals surface area contributed by atoms with Gasteiger partial charge >= 0.3 is 0 Å². The predicted molar refractivity (Wildman–Crippen MR) is 75.4 cm³/mol. The van der Waals surface area contributed by atoms with E-state index in [9.17, 15) is 4.79 Å². The summed E-state index contributed by atoms with van der Waals surface area (Å²) in [5.41, 5.74) is 0.809. The van der Waals surface area contributed by atoms with Crippen LogP contribution >= 0.6 is 11.3 Å². The molecule has 1 amide bonds. The molecule has 1 unspecified atom stereocenters. The lowest BCUT2D eigenvalue weighted by atomic mass is 10.0. The lowest BCUT2D eigenvalue weighted by molar-refractivity contribution is -0.136. The van der Waals surface area contributed by atoms with E-state index in [1.807, 2.05) is 27.7 Å². The van der Waals surface area contributed by atoms with Crippen molar-refractivity contribution in [2.75, 3.05) is 19.7 Å². The number of hydrogen-bond acceptors (Lipinski definition) is 5. The molecule has 0 aromatic carbocycles. The summed E-state index contributed by atoms with van der Waals surface area (Å²) in [5, 5.41) is 7.12. The van der Waals surface area contributed by atoms with E-state index >= 15 is 0 Å². The number of thiazole rings is 1. The van der Waals surface area contributed by atoms with E-state index in [4.69, 9.17) is 4.74 Å². The average Bonchev–Trinajstić information content (AvgIpc) is 2.63. The van der Waals surface area contributed by atoms with Crippen LogP contribution in [0.15, 0.2) is 0 Å². The maximum absolute atomic E-state index is 11.9. The Morgan fingerprint density at radius 1 is 1.58 bits per heavy atom. The third kappa shape index (κ3) is 3.52. The third-order valence-electron chi connectivity index (χ3n) is 3.26. The van der Waals surface area contributed by atoms with Crippen molar-refractivity contribution < 1.29 is 9.53 Å². The third-order valence-corrected chi connectivity index (χ3v) is 4.52. The largest absolute Gasteiger partial charge is 0.363 e. The van der Waals surface area contributed by atoms with Gasteiger partial charge in [-0.2, -0.15) is 0 Å². The second kappa shape index (κ2) is 5.56. The minimum atomic E-state index is -0.183. The van der Waals surface area contributed by atoms with Crippen molar-refractivity contribution in [3.05, 3.63) is 15.6 Å². The molecule has 1 atom stereocenters. The minimum Gasteiger partial charge on any atom is -0.363 e. The van der Waals surface area contributed by atoms with Gasteiger partial charge in [-0.1, -0.05) is 0 Å². The van der Waals surface area contributed by atoms with E-state index in [0.29, 0.717) is 0 Å². The van der Waals surface area contributed by atoms with E-state index < -0.39 is 0 Å². The van der Waals surface area contributed by atoms with Gasteiger partial charge in [-0.05, 0) is 27.7 Å². The second-order valence-electron chi connectivity index (χ2n) is 5.31. The van der Waals surface area contributed by atoms with Crippen LogP contribution in [-0.2, 0) is 9.53 Å². The van der Waals surface area contributed by atoms with Crippen LogP contribution in [0, 0.1) is 13.8 Å². The summed E-state index contributed by atoms with van der Waals surface area (Å²) in [6.07, 6.45) is 0. The molecule has 5 nitrogen and oxygen atoms in total. The van der Waals surface area contributed by atoms with E-state index in [1.54, 1.807) is 11.3 Å². The van der Waals surface area contributed by atoms with Crippen LogP contribution in [0.3, 0.4) is 0 Å². The Morgan fingerprint density at radius 3 is 2.74 bits per heavy atom. The molecule has 1 fully saturated rings. The van der Waals surface area contributed by atoms with Gasteiger partial charge in [0.15, 0.2) is 0 Å². The van der Waals surface area contributed by atoms with Crippen LogP contribution in [-0.4, -0.2) is 36.2 Å². The fourth-order valence-electron chi connectivity index (χ4n) is 2.12. The highest BCUT2D eigenvalue weighted by Gasteiger charge is 2.33. The molecule has 1 saturated heterocycles. The molecule has 2 rings (SSSR count). The molecule has 2 N–H and O–H groups in total. The number of rotatable bonds is 5. The first-order valence-corrected chi connectivity index (χ1v) is 7.29. The molecule has 1 aromatic rings. The van der Waals surface area contributed by atoms with Crippen LogP contribution < -0.4 is 10.6 Å². The van der Waals surface area contributed by atoms with Crippen LogP contribution in [0.25, 0.3) is 0 Å². The molecule has 6 heteroatoms. The van der Waals surface area contributed by atoms with Crippen molar-refractivity contribution >= 4 is 17.2 Å². The molecule has 0 spiro atoms. The number of hydrogen-bond donors (Lipinski definition) is 2. The number of aryl methyl sites for hydroxylation is 2. The number of ether oxygens (including phenoxy) is 1. The van der Waals surface area contributed by atoms with Gasteiger partial charge in [-0.15, -0.1) is 11.3 Å². The van der Waals surface area contributed by atoms with Gasteiger partial charge in [0.2, 0.25) is 5.91 Å². The van der Waals surface area contributed by atoms with Crippen LogP contribution in [0.2, 0.25) is 0 Å². The number of aromatic nitrogens is 1. The predicted octanol–water partition coefficient (Wildman–Crippen LogP) is 1.32.